The maximum Gasteiger partial charge on any atom is 0.455 e. The summed E-state index contributed by atoms with van der Waals surface area (Å²) in [5.74, 6) is -2.31. The Balaban J connectivity index is 1.33. The summed E-state index contributed by atoms with van der Waals surface area (Å²) in [6.45, 7) is 2.27. The fourth-order valence-electron chi connectivity index (χ4n) is 7.17. The van der Waals surface area contributed by atoms with Gasteiger partial charge < -0.3 is 24.3 Å². The van der Waals surface area contributed by atoms with Gasteiger partial charge in [-0.25, -0.2) is 4.79 Å². The Bertz CT molecular complexity index is 1690. The van der Waals surface area contributed by atoms with Crippen molar-refractivity contribution in [1.82, 2.24) is 4.90 Å². The number of benzene rings is 3. The molecule has 3 aromatic carbocycles. The minimum absolute atomic E-state index is 0.131. The molecule has 3 amide bonds. The number of imide groups is 3. The van der Waals surface area contributed by atoms with Crippen molar-refractivity contribution in [3.8, 4) is 11.5 Å². The van der Waals surface area contributed by atoms with Crippen LogP contribution in [0, 0.1) is 17.8 Å². The van der Waals surface area contributed by atoms with Crippen LogP contribution in [-0.4, -0.2) is 59.9 Å². The molecule has 0 aromatic heterocycles. The number of carbonyl (C=O) groups is 3. The highest BCUT2D eigenvalue weighted by Gasteiger charge is 2.59. The molecular weight excluding hydrogens is 573 g/mol. The quantitative estimate of drug-likeness (QED) is 0.188. The lowest BCUT2D eigenvalue weighted by atomic mass is 9.58. The number of rotatable bonds is 8. The van der Waals surface area contributed by atoms with Crippen LogP contribution >= 0.6 is 0 Å². The zero-order valence-corrected chi connectivity index (χ0v) is 25.3. The van der Waals surface area contributed by atoms with Crippen LogP contribution in [0.3, 0.4) is 0 Å². The van der Waals surface area contributed by atoms with E-state index in [0.717, 1.165) is 46.6 Å². The first kappa shape index (κ1) is 30.6. The van der Waals surface area contributed by atoms with Crippen molar-refractivity contribution in [2.45, 2.75) is 45.0 Å². The van der Waals surface area contributed by atoms with Crippen LogP contribution in [0.25, 0.3) is 16.8 Å². The van der Waals surface area contributed by atoms with Gasteiger partial charge in [0.25, 0.3) is 0 Å². The third-order valence-electron chi connectivity index (χ3n) is 9.30. The van der Waals surface area contributed by atoms with Gasteiger partial charge in [0.15, 0.2) is 0 Å². The van der Waals surface area contributed by atoms with Gasteiger partial charge >= 0.3 is 13.2 Å². The van der Waals surface area contributed by atoms with Gasteiger partial charge in [0, 0.05) is 5.39 Å². The van der Waals surface area contributed by atoms with E-state index < -0.39 is 48.9 Å². The minimum atomic E-state index is -1.14. The predicted octanol–water partition coefficient (Wildman–Crippen LogP) is 5.76. The number of phenolic OH excluding ortho intramolecular Hbond substituents is 1. The van der Waals surface area contributed by atoms with Crippen LogP contribution in [0.1, 0.15) is 38.2 Å². The minimum Gasteiger partial charge on any atom is -0.507 e. The standard InChI is InChI=1S/C35H36BNO8/c1-3-21(17-22-14-15-29(38)26-12-8-7-11-25(22)26)13-16-30-31-23(20-44-24-9-5-4-6-10-24)18-27-32(28(31)19-36(42)45-30)34(40)37(33(27)39)35(41)43-2/h4-12,14-15,17,27-28,30,32,38,42H,3,13,16,18-20H2,1-2H3/b21-17+/t27-,28+,30-,32-/m1/s1. The van der Waals surface area contributed by atoms with Gasteiger partial charge in [-0.1, -0.05) is 67.1 Å². The van der Waals surface area contributed by atoms with Crippen LogP contribution in [0.2, 0.25) is 6.32 Å². The Labute approximate surface area is 262 Å². The Hall–Kier alpha value is -4.41. The molecule has 2 saturated heterocycles. The van der Waals surface area contributed by atoms with Crippen molar-refractivity contribution in [2.24, 2.45) is 17.8 Å². The summed E-state index contributed by atoms with van der Waals surface area (Å²) in [6, 6.07) is 20.7. The Kier molecular flexibility index (Phi) is 8.78. The van der Waals surface area contributed by atoms with Gasteiger partial charge in [0.1, 0.15) is 18.1 Å². The van der Waals surface area contributed by atoms with Crippen molar-refractivity contribution in [2.75, 3.05) is 13.7 Å². The maximum atomic E-state index is 13.6. The highest BCUT2D eigenvalue weighted by atomic mass is 16.5. The summed E-state index contributed by atoms with van der Waals surface area (Å²) in [5.41, 5.74) is 3.88. The summed E-state index contributed by atoms with van der Waals surface area (Å²) >= 11 is 0. The number of hydrogen-bond acceptors (Lipinski definition) is 8. The molecule has 9 nitrogen and oxygen atoms in total. The van der Waals surface area contributed by atoms with Crippen molar-refractivity contribution < 1.29 is 38.6 Å². The molecular formula is C35H36BNO8. The average Bonchev–Trinajstić information content (AvgIpc) is 3.31. The number of ether oxygens (including phenoxy) is 2. The highest BCUT2D eigenvalue weighted by molar-refractivity contribution is 6.43. The SMILES string of the molecule is CC/C(=C\c1ccc(O)c2ccccc12)CC[C@H]1OB(O)C[C@H]2C1=C(COc1ccccc1)C[C@H]1C(=O)N(C(=O)OC)C(=O)[C@H]12. The number of para-hydroxylation sites is 1. The number of allylic oxidation sites excluding steroid dienone is 1. The van der Waals surface area contributed by atoms with Gasteiger partial charge in [0.05, 0.1) is 25.0 Å². The zero-order valence-electron chi connectivity index (χ0n) is 25.3. The Morgan fingerprint density at radius 1 is 1.02 bits per heavy atom. The molecule has 0 spiro atoms. The van der Waals surface area contributed by atoms with E-state index in [1.54, 1.807) is 6.07 Å². The normalized spacial score (nSPS) is 23.3. The summed E-state index contributed by atoms with van der Waals surface area (Å²) in [6.07, 6.45) is 2.97. The zero-order chi connectivity index (χ0) is 31.7. The van der Waals surface area contributed by atoms with Gasteiger partial charge in [-0.2, -0.15) is 4.90 Å². The van der Waals surface area contributed by atoms with Crippen molar-refractivity contribution in [3.05, 3.63) is 89.0 Å². The van der Waals surface area contributed by atoms with Gasteiger partial charge in [-0.3, -0.25) is 9.59 Å². The van der Waals surface area contributed by atoms with Crippen molar-refractivity contribution in [3.63, 3.8) is 0 Å². The van der Waals surface area contributed by atoms with E-state index in [1.807, 2.05) is 60.7 Å². The van der Waals surface area contributed by atoms with Crippen LogP contribution < -0.4 is 4.74 Å². The molecule has 4 atom stereocenters. The number of amides is 3. The molecule has 3 aliphatic rings. The molecule has 2 fully saturated rings. The van der Waals surface area contributed by atoms with Crippen LogP contribution in [0.4, 0.5) is 4.79 Å². The number of carbonyl (C=O) groups excluding carboxylic acids is 3. The highest BCUT2D eigenvalue weighted by Crippen LogP contribution is 2.51. The Morgan fingerprint density at radius 2 is 1.76 bits per heavy atom. The molecule has 10 heteroatoms. The molecule has 1 aliphatic carbocycles. The third kappa shape index (κ3) is 5.88. The first-order valence-electron chi connectivity index (χ1n) is 15.4. The first-order chi connectivity index (χ1) is 21.8. The fourth-order valence-corrected chi connectivity index (χ4v) is 7.17. The van der Waals surface area contributed by atoms with Gasteiger partial charge in [-0.15, -0.1) is 0 Å². The van der Waals surface area contributed by atoms with Gasteiger partial charge in [0.2, 0.25) is 11.8 Å². The second kappa shape index (κ2) is 12.9. The van der Waals surface area contributed by atoms with Crippen molar-refractivity contribution in [1.29, 1.82) is 0 Å². The van der Waals surface area contributed by atoms with Crippen LogP contribution in [0.5, 0.6) is 11.5 Å². The smallest absolute Gasteiger partial charge is 0.455 e. The maximum absolute atomic E-state index is 13.6. The van der Waals surface area contributed by atoms with Crippen LogP contribution in [0.15, 0.2) is 83.4 Å². The predicted molar refractivity (Wildman–Crippen MR) is 169 cm³/mol. The fraction of sp³-hybridized carbons (Fsp3) is 0.343. The lowest BCUT2D eigenvalue weighted by molar-refractivity contribution is -0.137. The Morgan fingerprint density at radius 3 is 2.49 bits per heavy atom. The molecule has 2 aliphatic heterocycles. The number of aromatic hydroxyl groups is 1. The average molecular weight is 609 g/mol. The third-order valence-corrected chi connectivity index (χ3v) is 9.30. The summed E-state index contributed by atoms with van der Waals surface area (Å²) in [7, 11) is 0.00537. The topological polar surface area (TPSA) is 123 Å². The molecule has 6 rings (SSSR count). The van der Waals surface area contributed by atoms with E-state index in [4.69, 9.17) is 14.1 Å². The number of hydrogen-bond donors (Lipinski definition) is 2. The monoisotopic (exact) mass is 609 g/mol. The molecule has 0 bridgehead atoms. The second-order valence-electron chi connectivity index (χ2n) is 11.8. The number of phenols is 1. The molecule has 3 aromatic rings. The molecule has 0 radical (unpaired) electrons. The number of likely N-dealkylation sites (tertiary alicyclic amines) is 1. The molecule has 2 heterocycles. The molecule has 0 unspecified atom stereocenters. The lowest BCUT2D eigenvalue weighted by Crippen LogP contribution is -2.46. The van der Waals surface area contributed by atoms with E-state index in [1.165, 1.54) is 0 Å². The van der Waals surface area contributed by atoms with E-state index in [2.05, 4.69) is 13.0 Å². The summed E-state index contributed by atoms with van der Waals surface area (Å²) in [5, 5.41) is 23.0. The van der Waals surface area contributed by atoms with E-state index in [-0.39, 0.29) is 25.1 Å². The summed E-state index contributed by atoms with van der Waals surface area (Å²) in [4.78, 5) is 40.0. The van der Waals surface area contributed by atoms with Crippen molar-refractivity contribution >= 4 is 41.9 Å². The molecule has 0 saturated carbocycles. The van der Waals surface area contributed by atoms with E-state index >= 15 is 0 Å². The molecule has 45 heavy (non-hydrogen) atoms. The number of methoxy groups -OCH3 is 1. The van der Waals surface area contributed by atoms with Crippen LogP contribution in [-0.2, 0) is 19.0 Å². The number of nitrogens with zero attached hydrogens (tertiary/aromatic N) is 1. The van der Waals surface area contributed by atoms with E-state index in [9.17, 15) is 24.5 Å². The van der Waals surface area contributed by atoms with E-state index in [0.29, 0.717) is 23.5 Å². The lowest BCUT2D eigenvalue weighted by Gasteiger charge is -2.43. The second-order valence-corrected chi connectivity index (χ2v) is 11.8. The molecule has 232 valence electrons. The summed E-state index contributed by atoms with van der Waals surface area (Å²) < 4.78 is 17.1. The van der Waals surface area contributed by atoms with Gasteiger partial charge in [-0.05, 0) is 78.2 Å². The number of fused-ring (bicyclic) bond motifs is 4. The largest absolute Gasteiger partial charge is 0.507 e. The molecule has 2 N–H and O–H groups in total. The first-order valence-corrected chi connectivity index (χ1v) is 15.4.